The van der Waals surface area contributed by atoms with Crippen LogP contribution in [0, 0.1) is 5.82 Å². The van der Waals surface area contributed by atoms with Crippen molar-refractivity contribution in [1.82, 2.24) is 15.1 Å². The quantitative estimate of drug-likeness (QED) is 0.597. The molecule has 1 aliphatic heterocycles. The predicted molar refractivity (Wildman–Crippen MR) is 107 cm³/mol. The smallest absolute Gasteiger partial charge is 0.323 e. The van der Waals surface area contributed by atoms with Crippen LogP contribution in [0.25, 0.3) is 0 Å². The third-order valence-corrected chi connectivity index (χ3v) is 5.36. The van der Waals surface area contributed by atoms with Crippen molar-refractivity contribution in [3.05, 3.63) is 70.5 Å². The molecule has 1 atom stereocenters. The maximum atomic E-state index is 13.3. The molecule has 0 saturated carbocycles. The summed E-state index contributed by atoms with van der Waals surface area (Å²) >= 11 is 0. The van der Waals surface area contributed by atoms with Crippen LogP contribution in [0.4, 0.5) is 35.5 Å². The van der Waals surface area contributed by atoms with Gasteiger partial charge in [-0.2, -0.15) is 26.3 Å². The zero-order valence-electron chi connectivity index (χ0n) is 17.6. The molecule has 2 aromatic rings. The van der Waals surface area contributed by atoms with E-state index in [2.05, 4.69) is 5.32 Å². The van der Waals surface area contributed by atoms with Crippen LogP contribution < -0.4 is 5.32 Å². The number of urea groups is 1. The van der Waals surface area contributed by atoms with Crippen molar-refractivity contribution in [2.45, 2.75) is 31.4 Å². The molecule has 180 valence electrons. The molecular formula is C22H22F7N3O. The number of alkyl halides is 6. The Bertz CT molecular complexity index is 941. The highest BCUT2D eigenvalue weighted by Gasteiger charge is 2.37. The summed E-state index contributed by atoms with van der Waals surface area (Å²) in [7, 11) is 1.32. The molecule has 0 aliphatic carbocycles. The van der Waals surface area contributed by atoms with Gasteiger partial charge in [-0.3, -0.25) is 0 Å². The maximum absolute atomic E-state index is 13.3. The van der Waals surface area contributed by atoms with Crippen LogP contribution >= 0.6 is 0 Å². The maximum Gasteiger partial charge on any atom is 0.416 e. The number of hydrogen-bond donors (Lipinski definition) is 1. The van der Waals surface area contributed by atoms with Crippen molar-refractivity contribution in [3.63, 3.8) is 0 Å². The van der Waals surface area contributed by atoms with Crippen LogP contribution in [0.15, 0.2) is 42.5 Å². The third kappa shape index (κ3) is 6.16. The Morgan fingerprint density at radius 1 is 1.03 bits per heavy atom. The first-order valence-corrected chi connectivity index (χ1v) is 10.1. The summed E-state index contributed by atoms with van der Waals surface area (Å²) < 4.78 is 92.2. The lowest BCUT2D eigenvalue weighted by molar-refractivity contribution is -0.143. The van der Waals surface area contributed by atoms with Gasteiger partial charge in [0, 0.05) is 26.7 Å². The second-order valence-corrected chi connectivity index (χ2v) is 7.87. The van der Waals surface area contributed by atoms with Crippen molar-refractivity contribution in [1.29, 1.82) is 0 Å². The first-order valence-electron chi connectivity index (χ1n) is 10.1. The number of hydrogen-bond acceptors (Lipinski definition) is 2. The molecule has 2 aromatic carbocycles. The molecule has 0 aromatic heterocycles. The monoisotopic (exact) mass is 477 g/mol. The van der Waals surface area contributed by atoms with Crippen LogP contribution in [0.3, 0.4) is 0 Å². The van der Waals surface area contributed by atoms with E-state index in [0.29, 0.717) is 43.8 Å². The van der Waals surface area contributed by atoms with E-state index < -0.39 is 47.9 Å². The minimum atomic E-state index is -4.97. The Labute approximate surface area is 186 Å². The molecule has 1 fully saturated rings. The number of benzene rings is 2. The molecule has 1 aliphatic rings. The number of carbonyl (C=O) groups excluding carboxylic acids is 1. The molecule has 2 amide bonds. The third-order valence-electron chi connectivity index (χ3n) is 5.36. The van der Waals surface area contributed by atoms with E-state index >= 15 is 0 Å². The normalized spacial score (nSPS) is 17.6. The van der Waals surface area contributed by atoms with Crippen molar-refractivity contribution < 1.29 is 35.5 Å². The molecular weight excluding hydrogens is 455 g/mol. The zero-order valence-corrected chi connectivity index (χ0v) is 17.6. The average Bonchev–Trinajstić information content (AvgIpc) is 2.98. The van der Waals surface area contributed by atoms with Crippen molar-refractivity contribution in [2.24, 2.45) is 0 Å². The summed E-state index contributed by atoms with van der Waals surface area (Å²) in [6.45, 7) is 0.848. The van der Waals surface area contributed by atoms with Crippen LogP contribution in [0.2, 0.25) is 0 Å². The number of amides is 2. The minimum Gasteiger partial charge on any atom is -0.323 e. The van der Waals surface area contributed by atoms with E-state index in [9.17, 15) is 35.5 Å². The molecule has 4 nitrogen and oxygen atoms in total. The summed E-state index contributed by atoms with van der Waals surface area (Å²) in [4.78, 5) is 15.7. The fourth-order valence-corrected chi connectivity index (χ4v) is 3.76. The average molecular weight is 477 g/mol. The van der Waals surface area contributed by atoms with Gasteiger partial charge in [-0.1, -0.05) is 12.1 Å². The highest BCUT2D eigenvalue weighted by atomic mass is 19.4. The van der Waals surface area contributed by atoms with Crippen LogP contribution in [0.1, 0.15) is 34.7 Å². The molecule has 0 spiro atoms. The summed E-state index contributed by atoms with van der Waals surface area (Å²) in [6.07, 6.45) is -9.34. The van der Waals surface area contributed by atoms with Crippen LogP contribution in [0.5, 0.6) is 0 Å². The molecule has 3 rings (SSSR count). The first kappa shape index (κ1) is 24.8. The molecule has 11 heteroatoms. The van der Waals surface area contributed by atoms with Crippen molar-refractivity contribution >= 4 is 6.03 Å². The molecule has 0 unspecified atom stereocenters. The van der Waals surface area contributed by atoms with Gasteiger partial charge in [0.05, 0.1) is 17.2 Å². The lowest BCUT2D eigenvalue weighted by Crippen LogP contribution is -2.44. The lowest BCUT2D eigenvalue weighted by Gasteiger charge is -2.34. The number of nitrogens with zero attached hydrogens (tertiary/aromatic N) is 2. The molecule has 33 heavy (non-hydrogen) atoms. The highest BCUT2D eigenvalue weighted by Crippen LogP contribution is 2.36. The van der Waals surface area contributed by atoms with E-state index in [0.717, 1.165) is 4.90 Å². The molecule has 1 N–H and O–H groups in total. The van der Waals surface area contributed by atoms with E-state index in [4.69, 9.17) is 0 Å². The molecule has 0 bridgehead atoms. The van der Waals surface area contributed by atoms with E-state index in [1.54, 1.807) is 0 Å². The minimum absolute atomic E-state index is 0.0519. The van der Waals surface area contributed by atoms with E-state index in [-0.39, 0.29) is 11.6 Å². The van der Waals surface area contributed by atoms with Gasteiger partial charge in [0.15, 0.2) is 0 Å². The predicted octanol–water partition coefficient (Wildman–Crippen LogP) is 5.45. The summed E-state index contributed by atoms with van der Waals surface area (Å²) in [5.41, 5.74) is -2.50. The Kier molecular flexibility index (Phi) is 7.20. The van der Waals surface area contributed by atoms with Gasteiger partial charge in [-0.15, -0.1) is 0 Å². The first-order chi connectivity index (χ1) is 15.4. The van der Waals surface area contributed by atoms with Gasteiger partial charge in [0.25, 0.3) is 0 Å². The number of rotatable bonds is 3. The topological polar surface area (TPSA) is 35.6 Å². The van der Waals surface area contributed by atoms with Gasteiger partial charge in [0.1, 0.15) is 5.82 Å². The van der Waals surface area contributed by atoms with Gasteiger partial charge in [-0.25, -0.2) is 9.18 Å². The number of carbonyl (C=O) groups is 1. The summed E-state index contributed by atoms with van der Waals surface area (Å²) in [5, 5.41) is 3.18. The fraction of sp³-hybridized carbons (Fsp3) is 0.409. The number of nitrogens with one attached hydrogen (secondary N) is 1. The standard InChI is InChI=1S/C22H22F7N3O/c1-31(13-14-9-16(21(24,25)26)11-17(10-14)22(27,28)29)20(33)32-8-2-7-30-12-19(32)15-3-5-18(23)6-4-15/h3-6,9-11,19,30H,2,7-8,12-13H2,1H3/t19-/m0/s1. The lowest BCUT2D eigenvalue weighted by atomic mass is 10.0. The van der Waals surface area contributed by atoms with Crippen LogP contribution in [-0.4, -0.2) is 42.5 Å². The summed E-state index contributed by atoms with van der Waals surface area (Å²) in [6, 6.07) is 5.83. The largest absolute Gasteiger partial charge is 0.416 e. The van der Waals surface area contributed by atoms with E-state index in [1.165, 1.54) is 36.2 Å². The Balaban J connectivity index is 1.87. The Morgan fingerprint density at radius 3 is 2.15 bits per heavy atom. The zero-order chi connectivity index (χ0) is 24.4. The highest BCUT2D eigenvalue weighted by molar-refractivity contribution is 5.75. The van der Waals surface area contributed by atoms with Gasteiger partial charge in [0.2, 0.25) is 0 Å². The Morgan fingerprint density at radius 2 is 1.61 bits per heavy atom. The van der Waals surface area contributed by atoms with Crippen molar-refractivity contribution in [2.75, 3.05) is 26.7 Å². The van der Waals surface area contributed by atoms with Gasteiger partial charge < -0.3 is 15.1 Å². The fourth-order valence-electron chi connectivity index (χ4n) is 3.76. The van der Waals surface area contributed by atoms with Crippen LogP contribution in [-0.2, 0) is 18.9 Å². The summed E-state index contributed by atoms with van der Waals surface area (Å²) in [5.74, 6) is -0.444. The van der Waals surface area contributed by atoms with Gasteiger partial charge in [-0.05, 0) is 54.4 Å². The van der Waals surface area contributed by atoms with Gasteiger partial charge >= 0.3 is 18.4 Å². The Hall–Kier alpha value is -2.82. The number of halogens is 7. The second-order valence-electron chi connectivity index (χ2n) is 7.87. The van der Waals surface area contributed by atoms with E-state index in [1.807, 2.05) is 0 Å². The SMILES string of the molecule is CN(Cc1cc(C(F)(F)F)cc(C(F)(F)F)c1)C(=O)N1CCCNC[C@H]1c1ccc(F)cc1. The molecule has 1 heterocycles. The molecule has 0 radical (unpaired) electrons. The second kappa shape index (κ2) is 9.58. The van der Waals surface area contributed by atoms with Crippen molar-refractivity contribution in [3.8, 4) is 0 Å². The molecule has 1 saturated heterocycles.